The van der Waals surface area contributed by atoms with Gasteiger partial charge in [-0.1, -0.05) is 11.6 Å². The van der Waals surface area contributed by atoms with Crippen molar-refractivity contribution < 1.29 is 9.13 Å². The van der Waals surface area contributed by atoms with Crippen LogP contribution in [0.5, 0.6) is 5.75 Å². The van der Waals surface area contributed by atoms with Gasteiger partial charge in [-0.05, 0) is 30.9 Å². The third-order valence-corrected chi connectivity index (χ3v) is 2.75. The smallest absolute Gasteiger partial charge is 0.142 e. The molecule has 1 aliphatic rings. The highest BCUT2D eigenvalue weighted by Crippen LogP contribution is 2.34. The predicted molar refractivity (Wildman–Crippen MR) is 57.5 cm³/mol. The van der Waals surface area contributed by atoms with Gasteiger partial charge in [0.15, 0.2) is 0 Å². The molecule has 15 heavy (non-hydrogen) atoms. The number of hydrogen-bond acceptors (Lipinski definition) is 2. The third-order valence-electron chi connectivity index (χ3n) is 2.47. The van der Waals surface area contributed by atoms with E-state index in [4.69, 9.17) is 22.1 Å². The summed E-state index contributed by atoms with van der Waals surface area (Å²) < 4.78 is 18.6. The highest BCUT2D eigenvalue weighted by atomic mass is 35.5. The zero-order valence-electron chi connectivity index (χ0n) is 8.30. The maximum absolute atomic E-state index is 13.0. The molecule has 4 heteroatoms. The largest absolute Gasteiger partial charge is 0.491 e. The SMILES string of the molecule is NCc1cc(F)cc(Cl)c1OCC1CC1. The second-order valence-electron chi connectivity index (χ2n) is 3.83. The number of ether oxygens (including phenoxy) is 1. The van der Waals surface area contributed by atoms with Gasteiger partial charge in [0, 0.05) is 12.1 Å². The van der Waals surface area contributed by atoms with Crippen LogP contribution in [0, 0.1) is 11.7 Å². The van der Waals surface area contributed by atoms with Gasteiger partial charge in [0.1, 0.15) is 11.6 Å². The summed E-state index contributed by atoms with van der Waals surface area (Å²) in [7, 11) is 0. The van der Waals surface area contributed by atoms with E-state index in [1.165, 1.54) is 25.0 Å². The number of rotatable bonds is 4. The summed E-state index contributed by atoms with van der Waals surface area (Å²) in [4.78, 5) is 0. The van der Waals surface area contributed by atoms with Crippen LogP contribution in [0.1, 0.15) is 18.4 Å². The van der Waals surface area contributed by atoms with Crippen molar-refractivity contribution >= 4 is 11.6 Å². The summed E-state index contributed by atoms with van der Waals surface area (Å²) in [6, 6.07) is 2.62. The lowest BCUT2D eigenvalue weighted by atomic mass is 10.2. The number of benzene rings is 1. The Balaban J connectivity index is 2.17. The maximum atomic E-state index is 13.0. The Kier molecular flexibility index (Phi) is 3.12. The first-order chi connectivity index (χ1) is 7.20. The summed E-state index contributed by atoms with van der Waals surface area (Å²) in [6.45, 7) is 0.885. The number of halogens is 2. The molecule has 1 aromatic rings. The Hall–Kier alpha value is -0.800. The van der Waals surface area contributed by atoms with Crippen LogP contribution in [-0.4, -0.2) is 6.61 Å². The molecule has 0 atom stereocenters. The van der Waals surface area contributed by atoms with E-state index in [9.17, 15) is 4.39 Å². The molecule has 1 fully saturated rings. The van der Waals surface area contributed by atoms with Crippen molar-refractivity contribution in [1.82, 2.24) is 0 Å². The molecule has 0 aromatic heterocycles. The second kappa shape index (κ2) is 4.37. The number of nitrogens with two attached hydrogens (primary N) is 1. The van der Waals surface area contributed by atoms with E-state index in [1.54, 1.807) is 0 Å². The first-order valence-electron chi connectivity index (χ1n) is 5.01. The average Bonchev–Trinajstić information content (AvgIpc) is 2.99. The zero-order valence-corrected chi connectivity index (χ0v) is 9.06. The molecule has 1 aliphatic carbocycles. The fourth-order valence-corrected chi connectivity index (χ4v) is 1.69. The van der Waals surface area contributed by atoms with Gasteiger partial charge in [0.25, 0.3) is 0 Å². The van der Waals surface area contributed by atoms with Gasteiger partial charge in [-0.2, -0.15) is 0 Å². The van der Waals surface area contributed by atoms with E-state index in [-0.39, 0.29) is 12.4 Å². The minimum absolute atomic E-state index is 0.234. The van der Waals surface area contributed by atoms with Gasteiger partial charge in [-0.25, -0.2) is 4.39 Å². The van der Waals surface area contributed by atoms with Crippen LogP contribution in [0.15, 0.2) is 12.1 Å². The van der Waals surface area contributed by atoms with Gasteiger partial charge in [-0.15, -0.1) is 0 Å². The van der Waals surface area contributed by atoms with Gasteiger partial charge >= 0.3 is 0 Å². The van der Waals surface area contributed by atoms with Crippen LogP contribution in [-0.2, 0) is 6.54 Å². The molecule has 0 bridgehead atoms. The molecule has 1 saturated carbocycles. The van der Waals surface area contributed by atoms with Crippen molar-refractivity contribution in [3.63, 3.8) is 0 Å². The monoisotopic (exact) mass is 229 g/mol. The molecule has 82 valence electrons. The molecule has 0 spiro atoms. The summed E-state index contributed by atoms with van der Waals surface area (Å²) in [5.74, 6) is 0.795. The third kappa shape index (κ3) is 2.61. The topological polar surface area (TPSA) is 35.2 Å². The summed E-state index contributed by atoms with van der Waals surface area (Å²) in [5.41, 5.74) is 6.13. The normalized spacial score (nSPS) is 15.4. The lowest BCUT2D eigenvalue weighted by Gasteiger charge is -2.11. The average molecular weight is 230 g/mol. The van der Waals surface area contributed by atoms with Crippen molar-refractivity contribution in [2.24, 2.45) is 11.7 Å². The maximum Gasteiger partial charge on any atom is 0.142 e. The minimum atomic E-state index is -0.376. The van der Waals surface area contributed by atoms with E-state index in [2.05, 4.69) is 0 Å². The summed E-state index contributed by atoms with van der Waals surface area (Å²) in [6.07, 6.45) is 2.41. The Morgan fingerprint density at radius 3 is 2.80 bits per heavy atom. The van der Waals surface area contributed by atoms with Gasteiger partial charge in [-0.3, -0.25) is 0 Å². The van der Waals surface area contributed by atoms with E-state index in [1.807, 2.05) is 0 Å². The molecule has 2 N–H and O–H groups in total. The van der Waals surface area contributed by atoms with E-state index >= 15 is 0 Å². The Labute approximate surface area is 93.2 Å². The van der Waals surface area contributed by atoms with E-state index in [0.29, 0.717) is 28.9 Å². The van der Waals surface area contributed by atoms with Crippen LogP contribution in [0.3, 0.4) is 0 Å². The summed E-state index contributed by atoms with van der Waals surface area (Å²) >= 11 is 5.90. The van der Waals surface area contributed by atoms with E-state index < -0.39 is 0 Å². The van der Waals surface area contributed by atoms with Crippen LogP contribution >= 0.6 is 11.6 Å². The van der Waals surface area contributed by atoms with Crippen molar-refractivity contribution in [1.29, 1.82) is 0 Å². The highest BCUT2D eigenvalue weighted by molar-refractivity contribution is 6.32. The highest BCUT2D eigenvalue weighted by Gasteiger charge is 2.23. The summed E-state index contributed by atoms with van der Waals surface area (Å²) in [5, 5.41) is 0.302. The minimum Gasteiger partial charge on any atom is -0.491 e. The first kappa shape index (κ1) is 10.7. The molecule has 0 heterocycles. The standard InChI is InChI=1S/C11H13ClFNO/c12-10-4-9(13)3-8(5-14)11(10)15-6-7-1-2-7/h3-4,7H,1-2,5-6,14H2. The lowest BCUT2D eigenvalue weighted by Crippen LogP contribution is -2.06. The Morgan fingerprint density at radius 2 is 2.20 bits per heavy atom. The molecule has 1 aromatic carbocycles. The second-order valence-corrected chi connectivity index (χ2v) is 4.24. The molecular weight excluding hydrogens is 217 g/mol. The van der Waals surface area contributed by atoms with Gasteiger partial charge in [0.05, 0.1) is 11.6 Å². The van der Waals surface area contributed by atoms with Gasteiger partial charge in [0.2, 0.25) is 0 Å². The van der Waals surface area contributed by atoms with E-state index in [0.717, 1.165) is 0 Å². The molecule has 0 radical (unpaired) electrons. The lowest BCUT2D eigenvalue weighted by molar-refractivity contribution is 0.296. The predicted octanol–water partition coefficient (Wildman–Crippen LogP) is 2.73. The molecule has 0 aliphatic heterocycles. The van der Waals surface area contributed by atoms with Crippen molar-refractivity contribution in [3.8, 4) is 5.75 Å². The van der Waals surface area contributed by atoms with Crippen LogP contribution in [0.4, 0.5) is 4.39 Å². The fourth-order valence-electron chi connectivity index (χ4n) is 1.41. The zero-order chi connectivity index (χ0) is 10.8. The molecular formula is C11H13ClFNO. The van der Waals surface area contributed by atoms with Crippen LogP contribution in [0.25, 0.3) is 0 Å². The molecule has 0 saturated heterocycles. The van der Waals surface area contributed by atoms with Crippen molar-refractivity contribution in [2.45, 2.75) is 19.4 Å². The Bertz CT molecular complexity index is 366. The van der Waals surface area contributed by atoms with Crippen molar-refractivity contribution in [3.05, 3.63) is 28.5 Å². The quantitative estimate of drug-likeness (QED) is 0.862. The Morgan fingerprint density at radius 1 is 1.47 bits per heavy atom. The van der Waals surface area contributed by atoms with Crippen LogP contribution in [0.2, 0.25) is 5.02 Å². The van der Waals surface area contributed by atoms with Crippen molar-refractivity contribution in [2.75, 3.05) is 6.61 Å². The molecule has 0 unspecified atom stereocenters. The van der Waals surface area contributed by atoms with Crippen LogP contribution < -0.4 is 10.5 Å². The number of hydrogen-bond donors (Lipinski definition) is 1. The fraction of sp³-hybridized carbons (Fsp3) is 0.455. The molecule has 2 nitrogen and oxygen atoms in total. The first-order valence-corrected chi connectivity index (χ1v) is 5.39. The van der Waals surface area contributed by atoms with Gasteiger partial charge < -0.3 is 10.5 Å². The molecule has 2 rings (SSSR count). The molecule has 0 amide bonds.